The average molecular weight is 337 g/mol. The molecule has 3 heterocycles. The van der Waals surface area contributed by atoms with E-state index in [0.29, 0.717) is 33.8 Å². The lowest BCUT2D eigenvalue weighted by molar-refractivity contribution is -0.122. The molecular weight excluding hydrogens is 324 g/mol. The van der Waals surface area contributed by atoms with E-state index in [4.69, 9.17) is 28.2 Å². The highest BCUT2D eigenvalue weighted by molar-refractivity contribution is 7.80. The molecule has 1 amide bonds. The molecule has 0 spiro atoms. The van der Waals surface area contributed by atoms with E-state index in [1.54, 1.807) is 35.4 Å². The second kappa shape index (κ2) is 5.94. The number of aromatic nitrogens is 2. The first-order valence-electron chi connectivity index (χ1n) is 6.68. The Hall–Kier alpha value is -2.12. The van der Waals surface area contributed by atoms with Crippen molar-refractivity contribution in [2.24, 2.45) is 0 Å². The van der Waals surface area contributed by atoms with Crippen LogP contribution in [0.2, 0.25) is 5.02 Å². The third-order valence-electron chi connectivity index (χ3n) is 3.27. The Morgan fingerprint density at radius 2 is 2.36 bits per heavy atom. The fraction of sp³-hybridized carbons (Fsp3) is 0.214. The molecule has 22 heavy (non-hydrogen) atoms. The molecule has 0 aromatic carbocycles. The molecule has 1 aliphatic rings. The topological polar surface area (TPSA) is 63.3 Å². The minimum Gasteiger partial charge on any atom is -0.467 e. The van der Waals surface area contributed by atoms with Crippen molar-refractivity contribution in [1.29, 1.82) is 0 Å². The fourth-order valence-corrected chi connectivity index (χ4v) is 2.63. The average Bonchev–Trinajstić information content (AvgIpc) is 3.19. The molecule has 2 aromatic rings. The lowest BCUT2D eigenvalue weighted by atomic mass is 10.3. The zero-order valence-electron chi connectivity index (χ0n) is 11.7. The van der Waals surface area contributed by atoms with E-state index in [0.717, 1.165) is 0 Å². The summed E-state index contributed by atoms with van der Waals surface area (Å²) in [6.07, 6.45) is 4.77. The van der Waals surface area contributed by atoms with E-state index in [1.165, 1.54) is 4.90 Å². The number of carbonyl (C=O) groups excluding carboxylic acids is 1. The molecule has 1 aliphatic heterocycles. The standard InChI is InChI=1S/C14H13ClN4O2S/c1-2-19-12(10(15)7-16-19)6-11-13(20)18(14(22)17-11)8-9-4-3-5-21-9/h3-7H,2,8H2,1H3,(H,17,22)/b11-6+. The molecular formula is C14H13ClN4O2S. The first-order valence-corrected chi connectivity index (χ1v) is 7.47. The van der Waals surface area contributed by atoms with Crippen molar-refractivity contribution in [2.75, 3.05) is 0 Å². The molecule has 0 radical (unpaired) electrons. The van der Waals surface area contributed by atoms with Gasteiger partial charge in [-0.1, -0.05) is 11.6 Å². The van der Waals surface area contributed by atoms with Gasteiger partial charge in [-0.3, -0.25) is 14.4 Å². The van der Waals surface area contributed by atoms with Gasteiger partial charge < -0.3 is 9.73 Å². The van der Waals surface area contributed by atoms with Crippen molar-refractivity contribution in [2.45, 2.75) is 20.0 Å². The fourth-order valence-electron chi connectivity index (χ4n) is 2.18. The van der Waals surface area contributed by atoms with Crippen LogP contribution in [0.5, 0.6) is 0 Å². The van der Waals surface area contributed by atoms with Crippen molar-refractivity contribution in [3.63, 3.8) is 0 Å². The SMILES string of the molecule is CCn1ncc(Cl)c1/C=C1/NC(=S)N(Cc2ccco2)C1=O. The zero-order valence-corrected chi connectivity index (χ0v) is 13.3. The van der Waals surface area contributed by atoms with Crippen LogP contribution in [0.25, 0.3) is 6.08 Å². The lowest BCUT2D eigenvalue weighted by Crippen LogP contribution is -2.29. The van der Waals surface area contributed by atoms with Gasteiger partial charge in [0.1, 0.15) is 11.5 Å². The van der Waals surface area contributed by atoms with Crippen molar-refractivity contribution >= 4 is 40.9 Å². The van der Waals surface area contributed by atoms with Crippen LogP contribution in [0.4, 0.5) is 0 Å². The summed E-state index contributed by atoms with van der Waals surface area (Å²) in [4.78, 5) is 13.9. The first-order chi connectivity index (χ1) is 10.6. The number of hydrogen-bond acceptors (Lipinski definition) is 4. The van der Waals surface area contributed by atoms with Crippen LogP contribution in [-0.4, -0.2) is 25.7 Å². The van der Waals surface area contributed by atoms with Crippen molar-refractivity contribution < 1.29 is 9.21 Å². The van der Waals surface area contributed by atoms with E-state index < -0.39 is 0 Å². The Morgan fingerprint density at radius 3 is 3.05 bits per heavy atom. The summed E-state index contributed by atoms with van der Waals surface area (Å²) >= 11 is 11.3. The summed E-state index contributed by atoms with van der Waals surface area (Å²) in [5, 5.41) is 7.87. The van der Waals surface area contributed by atoms with E-state index in [2.05, 4.69) is 10.4 Å². The van der Waals surface area contributed by atoms with Gasteiger partial charge in [-0.05, 0) is 37.4 Å². The van der Waals surface area contributed by atoms with Gasteiger partial charge in [0.15, 0.2) is 5.11 Å². The van der Waals surface area contributed by atoms with Gasteiger partial charge >= 0.3 is 0 Å². The molecule has 1 fully saturated rings. The van der Waals surface area contributed by atoms with E-state index >= 15 is 0 Å². The second-order valence-electron chi connectivity index (χ2n) is 4.65. The predicted octanol–water partition coefficient (Wildman–Crippen LogP) is 2.41. The molecule has 0 unspecified atom stereocenters. The van der Waals surface area contributed by atoms with Gasteiger partial charge in [-0.2, -0.15) is 5.10 Å². The number of carbonyl (C=O) groups is 1. The Labute approximate surface area is 137 Å². The maximum Gasteiger partial charge on any atom is 0.277 e. The molecule has 2 aromatic heterocycles. The number of furan rings is 1. The number of hydrogen-bond donors (Lipinski definition) is 1. The Morgan fingerprint density at radius 1 is 1.55 bits per heavy atom. The second-order valence-corrected chi connectivity index (χ2v) is 5.45. The van der Waals surface area contributed by atoms with Crippen molar-refractivity contribution in [3.05, 3.63) is 46.8 Å². The zero-order chi connectivity index (χ0) is 15.7. The van der Waals surface area contributed by atoms with Gasteiger partial charge in [-0.25, -0.2) is 0 Å². The number of aryl methyl sites for hydroxylation is 1. The lowest BCUT2D eigenvalue weighted by Gasteiger charge is -2.11. The molecule has 1 N–H and O–H groups in total. The number of nitrogens with zero attached hydrogens (tertiary/aromatic N) is 3. The van der Waals surface area contributed by atoms with Crippen LogP contribution in [-0.2, 0) is 17.9 Å². The largest absolute Gasteiger partial charge is 0.467 e. The normalized spacial score (nSPS) is 16.6. The summed E-state index contributed by atoms with van der Waals surface area (Å²) in [6, 6.07) is 3.56. The number of halogens is 1. The van der Waals surface area contributed by atoms with Gasteiger partial charge in [0.25, 0.3) is 5.91 Å². The molecule has 1 saturated heterocycles. The van der Waals surface area contributed by atoms with Crippen LogP contribution in [0.1, 0.15) is 18.4 Å². The van der Waals surface area contributed by atoms with Crippen LogP contribution >= 0.6 is 23.8 Å². The highest BCUT2D eigenvalue weighted by Crippen LogP contribution is 2.21. The predicted molar refractivity (Wildman–Crippen MR) is 85.9 cm³/mol. The van der Waals surface area contributed by atoms with Gasteiger partial charge in [0.2, 0.25) is 0 Å². The molecule has 8 heteroatoms. The molecule has 0 aliphatic carbocycles. The Balaban J connectivity index is 1.87. The number of rotatable bonds is 4. The molecule has 6 nitrogen and oxygen atoms in total. The van der Waals surface area contributed by atoms with E-state index in [1.807, 2.05) is 6.92 Å². The summed E-state index contributed by atoms with van der Waals surface area (Å²) in [6.45, 7) is 2.89. The smallest absolute Gasteiger partial charge is 0.277 e. The van der Waals surface area contributed by atoms with Crippen LogP contribution in [0, 0.1) is 0 Å². The van der Waals surface area contributed by atoms with Gasteiger partial charge in [-0.15, -0.1) is 0 Å². The molecule has 3 rings (SSSR count). The maximum atomic E-state index is 12.5. The number of nitrogens with one attached hydrogen (secondary N) is 1. The quantitative estimate of drug-likeness (QED) is 0.686. The van der Waals surface area contributed by atoms with Crippen LogP contribution in [0.3, 0.4) is 0 Å². The summed E-state index contributed by atoms with van der Waals surface area (Å²) in [7, 11) is 0. The first kappa shape index (κ1) is 14.8. The van der Waals surface area contributed by atoms with Crippen molar-refractivity contribution in [1.82, 2.24) is 20.0 Å². The minimum atomic E-state index is -0.221. The molecule has 114 valence electrons. The monoisotopic (exact) mass is 336 g/mol. The van der Waals surface area contributed by atoms with Crippen molar-refractivity contribution in [3.8, 4) is 0 Å². The Bertz CT molecular complexity index is 751. The molecule has 0 atom stereocenters. The van der Waals surface area contributed by atoms with Gasteiger partial charge in [0.05, 0.1) is 29.7 Å². The van der Waals surface area contributed by atoms with Crippen LogP contribution in [0.15, 0.2) is 34.7 Å². The number of thiocarbonyl (C=S) groups is 1. The molecule has 0 saturated carbocycles. The minimum absolute atomic E-state index is 0.221. The van der Waals surface area contributed by atoms with E-state index in [9.17, 15) is 4.79 Å². The highest BCUT2D eigenvalue weighted by atomic mass is 35.5. The third-order valence-corrected chi connectivity index (χ3v) is 3.88. The maximum absolute atomic E-state index is 12.5. The third kappa shape index (κ3) is 2.65. The van der Waals surface area contributed by atoms with Gasteiger partial charge in [0, 0.05) is 6.54 Å². The highest BCUT2D eigenvalue weighted by Gasteiger charge is 2.31. The summed E-state index contributed by atoms with van der Waals surface area (Å²) in [5.74, 6) is 0.441. The van der Waals surface area contributed by atoms with Crippen LogP contribution < -0.4 is 5.32 Å². The number of amides is 1. The molecule has 0 bridgehead atoms. The summed E-state index contributed by atoms with van der Waals surface area (Å²) in [5.41, 5.74) is 1.04. The summed E-state index contributed by atoms with van der Waals surface area (Å²) < 4.78 is 6.96. The van der Waals surface area contributed by atoms with E-state index in [-0.39, 0.29) is 12.5 Å². The Kier molecular flexibility index (Phi) is 4.00.